The summed E-state index contributed by atoms with van der Waals surface area (Å²) in [7, 11) is 0. The van der Waals surface area contributed by atoms with Crippen LogP contribution in [-0.2, 0) is 6.42 Å². The van der Waals surface area contributed by atoms with Crippen molar-refractivity contribution in [3.8, 4) is 0 Å². The largest absolute Gasteiger partial charge is 0.387 e. The first-order chi connectivity index (χ1) is 8.77. The Morgan fingerprint density at radius 3 is 2.94 bits per heavy atom. The lowest BCUT2D eigenvalue weighted by atomic mass is 10.1. The van der Waals surface area contributed by atoms with E-state index >= 15 is 0 Å². The highest BCUT2D eigenvalue weighted by molar-refractivity contribution is 5.19. The second kappa shape index (κ2) is 6.23. The van der Waals surface area contributed by atoms with Gasteiger partial charge in [0.05, 0.1) is 6.10 Å². The third-order valence-electron chi connectivity index (χ3n) is 2.53. The molecule has 2 rings (SSSR count). The minimum Gasteiger partial charge on any atom is -0.387 e. The number of hydrogen-bond donors (Lipinski definition) is 2. The van der Waals surface area contributed by atoms with E-state index < -0.39 is 11.9 Å². The van der Waals surface area contributed by atoms with E-state index in [1.54, 1.807) is 18.2 Å². The normalized spacial score (nSPS) is 12.6. The molecule has 96 valence electrons. The molecule has 1 aromatic heterocycles. The van der Waals surface area contributed by atoms with Gasteiger partial charge in [-0.25, -0.2) is 4.39 Å². The zero-order valence-corrected chi connectivity index (χ0v) is 9.71. The van der Waals surface area contributed by atoms with Crippen molar-refractivity contribution in [2.45, 2.75) is 12.5 Å². The standard InChI is InChI=1S/C12H14FN3O2/c13-10-4-2-1-3-9(10)11(17)7-14-6-5-12-15-8-18-16-12/h1-4,8,11,14,17H,5-7H2. The minimum atomic E-state index is -0.864. The molecule has 2 aromatic rings. The minimum absolute atomic E-state index is 0.277. The Hall–Kier alpha value is -1.79. The van der Waals surface area contributed by atoms with Crippen molar-refractivity contribution in [2.75, 3.05) is 13.1 Å². The van der Waals surface area contributed by atoms with Gasteiger partial charge in [0.2, 0.25) is 6.39 Å². The Balaban J connectivity index is 1.75. The molecule has 0 amide bonds. The Bertz CT molecular complexity index is 476. The average Bonchev–Trinajstić information content (AvgIpc) is 2.88. The molecule has 6 heteroatoms. The highest BCUT2D eigenvalue weighted by atomic mass is 19.1. The molecule has 1 atom stereocenters. The molecule has 0 spiro atoms. The number of nitrogens with one attached hydrogen (secondary N) is 1. The summed E-state index contributed by atoms with van der Waals surface area (Å²) in [5.41, 5.74) is 0.296. The molecular weight excluding hydrogens is 237 g/mol. The van der Waals surface area contributed by atoms with Crippen LogP contribution in [-0.4, -0.2) is 28.3 Å². The van der Waals surface area contributed by atoms with Crippen molar-refractivity contribution >= 4 is 0 Å². The molecule has 2 N–H and O–H groups in total. The molecule has 0 aliphatic heterocycles. The van der Waals surface area contributed by atoms with Crippen LogP contribution in [0, 0.1) is 5.82 Å². The monoisotopic (exact) mass is 251 g/mol. The molecule has 0 saturated carbocycles. The second-order valence-corrected chi connectivity index (χ2v) is 3.84. The van der Waals surface area contributed by atoms with Crippen molar-refractivity contribution in [3.63, 3.8) is 0 Å². The van der Waals surface area contributed by atoms with Crippen LogP contribution in [0.15, 0.2) is 35.2 Å². The molecule has 0 aliphatic rings. The van der Waals surface area contributed by atoms with Crippen LogP contribution < -0.4 is 5.32 Å². The molecule has 1 heterocycles. The summed E-state index contributed by atoms with van der Waals surface area (Å²) in [5, 5.41) is 16.5. The van der Waals surface area contributed by atoms with Gasteiger partial charge in [-0.3, -0.25) is 0 Å². The lowest BCUT2D eigenvalue weighted by Gasteiger charge is -2.12. The summed E-state index contributed by atoms with van der Waals surface area (Å²) in [6.07, 6.45) is 1.00. The first-order valence-corrected chi connectivity index (χ1v) is 5.66. The van der Waals surface area contributed by atoms with Crippen molar-refractivity contribution < 1.29 is 14.0 Å². The first-order valence-electron chi connectivity index (χ1n) is 5.66. The fourth-order valence-corrected chi connectivity index (χ4v) is 1.60. The van der Waals surface area contributed by atoms with E-state index in [0.717, 1.165) is 0 Å². The van der Waals surface area contributed by atoms with Crippen LogP contribution in [0.5, 0.6) is 0 Å². The average molecular weight is 251 g/mol. The third kappa shape index (κ3) is 3.35. The Kier molecular flexibility index (Phi) is 4.38. The maximum atomic E-state index is 13.4. The van der Waals surface area contributed by atoms with Gasteiger partial charge in [0.25, 0.3) is 0 Å². The van der Waals surface area contributed by atoms with E-state index in [-0.39, 0.29) is 6.54 Å². The van der Waals surface area contributed by atoms with Crippen molar-refractivity contribution in [1.29, 1.82) is 0 Å². The summed E-state index contributed by atoms with van der Waals surface area (Å²) in [6.45, 7) is 0.865. The zero-order chi connectivity index (χ0) is 12.8. The van der Waals surface area contributed by atoms with Gasteiger partial charge in [0.1, 0.15) is 5.82 Å². The summed E-state index contributed by atoms with van der Waals surface area (Å²) >= 11 is 0. The fourth-order valence-electron chi connectivity index (χ4n) is 1.60. The maximum Gasteiger partial charge on any atom is 0.213 e. The van der Waals surface area contributed by atoms with E-state index in [0.29, 0.717) is 24.4 Å². The maximum absolute atomic E-state index is 13.4. The fraction of sp³-hybridized carbons (Fsp3) is 0.333. The topological polar surface area (TPSA) is 71.2 Å². The van der Waals surface area contributed by atoms with Gasteiger partial charge >= 0.3 is 0 Å². The van der Waals surface area contributed by atoms with Crippen LogP contribution in [0.1, 0.15) is 17.5 Å². The van der Waals surface area contributed by atoms with Gasteiger partial charge in [0, 0.05) is 25.1 Å². The molecule has 5 nitrogen and oxygen atoms in total. The number of aliphatic hydroxyl groups is 1. The number of hydrogen-bond acceptors (Lipinski definition) is 5. The molecule has 18 heavy (non-hydrogen) atoms. The SMILES string of the molecule is OC(CNCCc1ncon1)c1ccccc1F. The quantitative estimate of drug-likeness (QED) is 0.751. The Morgan fingerprint density at radius 2 is 2.22 bits per heavy atom. The van der Waals surface area contributed by atoms with E-state index in [9.17, 15) is 9.50 Å². The molecule has 0 radical (unpaired) electrons. The van der Waals surface area contributed by atoms with E-state index in [1.165, 1.54) is 12.5 Å². The van der Waals surface area contributed by atoms with Crippen LogP contribution in [0.3, 0.4) is 0 Å². The van der Waals surface area contributed by atoms with E-state index in [1.807, 2.05) is 0 Å². The molecule has 1 unspecified atom stereocenters. The number of benzene rings is 1. The number of rotatable bonds is 6. The van der Waals surface area contributed by atoms with Crippen LogP contribution >= 0.6 is 0 Å². The number of halogens is 1. The van der Waals surface area contributed by atoms with Gasteiger partial charge in [-0.15, -0.1) is 0 Å². The van der Waals surface area contributed by atoms with Crippen LogP contribution in [0.4, 0.5) is 4.39 Å². The number of aromatic nitrogens is 2. The second-order valence-electron chi connectivity index (χ2n) is 3.84. The predicted molar refractivity (Wildman–Crippen MR) is 62.2 cm³/mol. The van der Waals surface area contributed by atoms with Gasteiger partial charge in [-0.05, 0) is 6.07 Å². The van der Waals surface area contributed by atoms with Gasteiger partial charge < -0.3 is 14.9 Å². The van der Waals surface area contributed by atoms with Crippen molar-refractivity contribution in [1.82, 2.24) is 15.5 Å². The summed E-state index contributed by atoms with van der Waals surface area (Å²) in [5.74, 6) is 0.202. The number of nitrogens with zero attached hydrogens (tertiary/aromatic N) is 2. The number of aliphatic hydroxyl groups excluding tert-OH is 1. The van der Waals surface area contributed by atoms with Crippen LogP contribution in [0.2, 0.25) is 0 Å². The first kappa shape index (κ1) is 12.7. The summed E-state index contributed by atoms with van der Waals surface area (Å²) in [4.78, 5) is 3.86. The Morgan fingerprint density at radius 1 is 1.39 bits per heavy atom. The summed E-state index contributed by atoms with van der Waals surface area (Å²) < 4.78 is 17.9. The lowest BCUT2D eigenvalue weighted by Crippen LogP contribution is -2.24. The van der Waals surface area contributed by atoms with E-state index in [2.05, 4.69) is 20.0 Å². The van der Waals surface area contributed by atoms with Gasteiger partial charge in [-0.2, -0.15) is 4.98 Å². The third-order valence-corrected chi connectivity index (χ3v) is 2.53. The highest BCUT2D eigenvalue weighted by Crippen LogP contribution is 2.15. The highest BCUT2D eigenvalue weighted by Gasteiger charge is 2.11. The van der Waals surface area contributed by atoms with Crippen LogP contribution in [0.25, 0.3) is 0 Å². The summed E-state index contributed by atoms with van der Waals surface area (Å²) in [6, 6.07) is 6.19. The molecule has 1 aromatic carbocycles. The molecule has 0 saturated heterocycles. The van der Waals surface area contributed by atoms with Gasteiger partial charge in [0.15, 0.2) is 5.82 Å². The van der Waals surface area contributed by atoms with Crippen molar-refractivity contribution in [3.05, 3.63) is 47.9 Å². The molecular formula is C12H14FN3O2. The molecule has 0 aliphatic carbocycles. The zero-order valence-electron chi connectivity index (χ0n) is 9.71. The Labute approximate surface area is 104 Å². The molecule has 0 bridgehead atoms. The van der Waals surface area contributed by atoms with Crippen molar-refractivity contribution in [2.24, 2.45) is 0 Å². The predicted octanol–water partition coefficient (Wildman–Crippen LogP) is 1.07. The lowest BCUT2D eigenvalue weighted by molar-refractivity contribution is 0.170. The van der Waals surface area contributed by atoms with Gasteiger partial charge in [-0.1, -0.05) is 23.4 Å². The smallest absolute Gasteiger partial charge is 0.213 e. The molecule has 0 fully saturated rings. The van der Waals surface area contributed by atoms with E-state index in [4.69, 9.17) is 0 Å².